The fourth-order valence-corrected chi connectivity index (χ4v) is 3.16. The molecule has 2 saturated heterocycles. The zero-order valence-electron chi connectivity index (χ0n) is 13.9. The third-order valence-corrected chi connectivity index (χ3v) is 4.44. The summed E-state index contributed by atoms with van der Waals surface area (Å²) >= 11 is 0. The zero-order valence-corrected chi connectivity index (χ0v) is 13.9. The Hall–Kier alpha value is -2.64. The van der Waals surface area contributed by atoms with Crippen LogP contribution in [0, 0.1) is 5.82 Å². The van der Waals surface area contributed by atoms with Gasteiger partial charge in [-0.3, -0.25) is 14.5 Å². The molecule has 0 spiro atoms. The van der Waals surface area contributed by atoms with E-state index in [2.05, 4.69) is 10.6 Å². The van der Waals surface area contributed by atoms with Gasteiger partial charge in [0, 0.05) is 19.9 Å². The largest absolute Gasteiger partial charge is 0.442 e. The number of amides is 3. The number of carbonyl (C=O) groups is 3. The van der Waals surface area contributed by atoms with Crippen molar-refractivity contribution in [2.24, 2.45) is 0 Å². The van der Waals surface area contributed by atoms with E-state index in [1.165, 1.54) is 17.9 Å². The molecule has 0 aliphatic carbocycles. The lowest BCUT2D eigenvalue weighted by atomic mass is 9.89. The summed E-state index contributed by atoms with van der Waals surface area (Å²) in [7, 11) is 0. The topological polar surface area (TPSA) is 87.7 Å². The molecule has 1 aromatic carbocycles. The smallest absolute Gasteiger partial charge is 0.414 e. The third-order valence-electron chi connectivity index (χ3n) is 4.44. The van der Waals surface area contributed by atoms with Gasteiger partial charge in [0.2, 0.25) is 11.8 Å². The number of halogens is 1. The van der Waals surface area contributed by atoms with Crippen molar-refractivity contribution in [3.05, 3.63) is 29.6 Å². The Morgan fingerprint density at radius 3 is 2.92 bits per heavy atom. The van der Waals surface area contributed by atoms with Crippen LogP contribution in [0.4, 0.5) is 14.9 Å². The monoisotopic (exact) mass is 349 g/mol. The third kappa shape index (κ3) is 3.89. The summed E-state index contributed by atoms with van der Waals surface area (Å²) in [6.45, 7) is 2.38. The summed E-state index contributed by atoms with van der Waals surface area (Å²) in [6, 6.07) is 4.58. The number of rotatable bonds is 4. The lowest BCUT2D eigenvalue weighted by molar-refractivity contribution is -0.122. The van der Waals surface area contributed by atoms with Crippen molar-refractivity contribution in [1.29, 1.82) is 0 Å². The second-order valence-corrected chi connectivity index (χ2v) is 6.30. The van der Waals surface area contributed by atoms with Gasteiger partial charge in [0.25, 0.3) is 0 Å². The number of nitrogens with one attached hydrogen (secondary N) is 2. The molecule has 2 aliphatic heterocycles. The summed E-state index contributed by atoms with van der Waals surface area (Å²) in [5.74, 6) is -0.874. The Bertz CT molecular complexity index is 709. The van der Waals surface area contributed by atoms with E-state index >= 15 is 0 Å². The van der Waals surface area contributed by atoms with Crippen molar-refractivity contribution < 1.29 is 23.5 Å². The van der Waals surface area contributed by atoms with Crippen LogP contribution in [-0.4, -0.2) is 43.6 Å². The Morgan fingerprint density at radius 1 is 1.44 bits per heavy atom. The Balaban J connectivity index is 1.71. The second-order valence-electron chi connectivity index (χ2n) is 6.30. The molecule has 2 heterocycles. The number of nitrogens with zero attached hydrogens (tertiary/aromatic N) is 1. The molecule has 3 rings (SSSR count). The number of carbonyl (C=O) groups excluding carboxylic acids is 3. The van der Waals surface area contributed by atoms with Gasteiger partial charge in [-0.15, -0.1) is 0 Å². The Kier molecular flexibility index (Phi) is 4.87. The quantitative estimate of drug-likeness (QED) is 0.857. The van der Waals surface area contributed by atoms with E-state index < -0.39 is 18.0 Å². The predicted molar refractivity (Wildman–Crippen MR) is 87.7 cm³/mol. The van der Waals surface area contributed by atoms with Crippen LogP contribution in [0.5, 0.6) is 0 Å². The maximum atomic E-state index is 14.5. The Morgan fingerprint density at radius 2 is 2.24 bits per heavy atom. The normalized spacial score (nSPS) is 23.2. The van der Waals surface area contributed by atoms with Gasteiger partial charge in [0.15, 0.2) is 0 Å². The summed E-state index contributed by atoms with van der Waals surface area (Å²) in [5, 5.41) is 5.32. The first kappa shape index (κ1) is 17.2. The lowest BCUT2D eigenvalue weighted by Gasteiger charge is -2.23. The summed E-state index contributed by atoms with van der Waals surface area (Å²) in [6.07, 6.45) is -0.0892. The van der Waals surface area contributed by atoms with Crippen molar-refractivity contribution >= 4 is 23.6 Å². The number of cyclic esters (lactones) is 1. The van der Waals surface area contributed by atoms with E-state index in [4.69, 9.17) is 4.74 Å². The molecule has 25 heavy (non-hydrogen) atoms. The average Bonchev–Trinajstić information content (AvgIpc) is 2.94. The Labute approximate surface area is 144 Å². The highest BCUT2D eigenvalue weighted by molar-refractivity contribution is 5.90. The number of hydrogen-bond acceptors (Lipinski definition) is 4. The van der Waals surface area contributed by atoms with Crippen molar-refractivity contribution in [2.45, 2.75) is 31.8 Å². The first-order valence-electron chi connectivity index (χ1n) is 8.22. The van der Waals surface area contributed by atoms with Gasteiger partial charge < -0.3 is 15.4 Å². The van der Waals surface area contributed by atoms with E-state index in [0.29, 0.717) is 24.2 Å². The molecule has 0 saturated carbocycles. The number of piperidine rings is 1. The SMILES string of the molecule is CC(=O)NC[C@H]1CN(c2ccc(C3CCNC(=O)C3)c(F)c2)C(=O)O1. The number of anilines is 1. The van der Waals surface area contributed by atoms with E-state index in [0.717, 1.165) is 0 Å². The molecular weight excluding hydrogens is 329 g/mol. The predicted octanol–water partition coefficient (Wildman–Crippen LogP) is 1.28. The van der Waals surface area contributed by atoms with Crippen molar-refractivity contribution in [2.75, 3.05) is 24.5 Å². The molecule has 2 atom stereocenters. The minimum absolute atomic E-state index is 0.0799. The number of benzene rings is 1. The minimum Gasteiger partial charge on any atom is -0.442 e. The van der Waals surface area contributed by atoms with Crippen LogP contribution in [0.2, 0.25) is 0 Å². The molecule has 2 aliphatic rings. The number of hydrogen-bond donors (Lipinski definition) is 2. The second kappa shape index (κ2) is 7.08. The average molecular weight is 349 g/mol. The van der Waals surface area contributed by atoms with Crippen LogP contribution in [0.15, 0.2) is 18.2 Å². The van der Waals surface area contributed by atoms with Gasteiger partial charge in [-0.25, -0.2) is 9.18 Å². The molecule has 1 unspecified atom stereocenters. The van der Waals surface area contributed by atoms with Crippen molar-refractivity contribution in [3.8, 4) is 0 Å². The minimum atomic E-state index is -0.570. The highest BCUT2D eigenvalue weighted by Gasteiger charge is 2.33. The summed E-state index contributed by atoms with van der Waals surface area (Å²) in [5.41, 5.74) is 0.887. The van der Waals surface area contributed by atoms with Crippen LogP contribution in [-0.2, 0) is 14.3 Å². The molecule has 0 aromatic heterocycles. The van der Waals surface area contributed by atoms with Crippen molar-refractivity contribution in [1.82, 2.24) is 10.6 Å². The summed E-state index contributed by atoms with van der Waals surface area (Å²) in [4.78, 5) is 35.8. The van der Waals surface area contributed by atoms with E-state index in [1.54, 1.807) is 12.1 Å². The molecule has 2 N–H and O–H groups in total. The molecule has 7 nitrogen and oxygen atoms in total. The zero-order chi connectivity index (χ0) is 18.0. The maximum Gasteiger partial charge on any atom is 0.414 e. The molecule has 1 aromatic rings. The molecule has 8 heteroatoms. The lowest BCUT2D eigenvalue weighted by Crippen LogP contribution is -2.33. The molecular formula is C17H20FN3O4. The molecule has 2 fully saturated rings. The van der Waals surface area contributed by atoms with Gasteiger partial charge >= 0.3 is 6.09 Å². The fourth-order valence-electron chi connectivity index (χ4n) is 3.16. The van der Waals surface area contributed by atoms with Gasteiger partial charge in [-0.1, -0.05) is 6.07 Å². The van der Waals surface area contributed by atoms with Crippen molar-refractivity contribution in [3.63, 3.8) is 0 Å². The van der Waals surface area contributed by atoms with Gasteiger partial charge in [0.05, 0.1) is 18.8 Å². The highest BCUT2D eigenvalue weighted by Crippen LogP contribution is 2.31. The molecule has 0 bridgehead atoms. The van der Waals surface area contributed by atoms with Gasteiger partial charge in [0.1, 0.15) is 11.9 Å². The van der Waals surface area contributed by atoms with E-state index in [1.807, 2.05) is 0 Å². The van der Waals surface area contributed by atoms with Gasteiger partial charge in [-0.05, 0) is 30.0 Å². The van der Waals surface area contributed by atoms with Crippen LogP contribution < -0.4 is 15.5 Å². The van der Waals surface area contributed by atoms with Crippen LogP contribution in [0.1, 0.15) is 31.2 Å². The highest BCUT2D eigenvalue weighted by atomic mass is 19.1. The standard InChI is InChI=1S/C17H20FN3O4/c1-10(22)20-8-13-9-21(17(24)25-13)12-2-3-14(15(18)7-12)11-4-5-19-16(23)6-11/h2-3,7,11,13H,4-6,8-9H2,1H3,(H,19,23)(H,20,22)/t11?,13-/m0/s1. The molecule has 134 valence electrons. The summed E-state index contributed by atoms with van der Waals surface area (Å²) < 4.78 is 19.7. The molecule has 3 amide bonds. The maximum absolute atomic E-state index is 14.5. The van der Waals surface area contributed by atoms with Crippen LogP contribution in [0.25, 0.3) is 0 Å². The number of ether oxygens (including phenoxy) is 1. The van der Waals surface area contributed by atoms with Gasteiger partial charge in [-0.2, -0.15) is 0 Å². The molecule has 0 radical (unpaired) electrons. The fraction of sp³-hybridized carbons (Fsp3) is 0.471. The van der Waals surface area contributed by atoms with E-state index in [9.17, 15) is 18.8 Å². The van der Waals surface area contributed by atoms with Crippen LogP contribution >= 0.6 is 0 Å². The van der Waals surface area contributed by atoms with Crippen LogP contribution in [0.3, 0.4) is 0 Å². The first-order valence-corrected chi connectivity index (χ1v) is 8.22. The van der Waals surface area contributed by atoms with E-state index in [-0.39, 0.29) is 37.2 Å². The first-order chi connectivity index (χ1) is 11.9.